The lowest BCUT2D eigenvalue weighted by Crippen LogP contribution is -2.38. The molecule has 17 heavy (non-hydrogen) atoms. The molecule has 0 aromatic heterocycles. The Kier molecular flexibility index (Phi) is 4.73. The number of hydrogen-bond acceptors (Lipinski definition) is 3. The minimum Gasteiger partial charge on any atom is -0.469 e. The highest BCUT2D eigenvalue weighted by Crippen LogP contribution is 2.28. The third-order valence-corrected chi connectivity index (χ3v) is 2.76. The average molecular weight is 239 g/mol. The van der Waals surface area contributed by atoms with E-state index in [1.165, 1.54) is 7.11 Å². The molecule has 4 nitrogen and oxygen atoms in total. The Hall–Kier alpha value is -1.32. The van der Waals surface area contributed by atoms with Crippen molar-refractivity contribution in [2.45, 2.75) is 39.7 Å². The number of amides is 1. The number of methoxy groups -OCH3 is 1. The molecule has 0 heterocycles. The predicted molar refractivity (Wildman–Crippen MR) is 65.3 cm³/mol. The fraction of sp³-hybridized carbons (Fsp3) is 0.692. The summed E-state index contributed by atoms with van der Waals surface area (Å²) in [4.78, 5) is 25.1. The first kappa shape index (κ1) is 13.7. The van der Waals surface area contributed by atoms with Crippen LogP contribution in [0.15, 0.2) is 11.6 Å². The summed E-state index contributed by atoms with van der Waals surface area (Å²) in [6.45, 7) is 6.02. The van der Waals surface area contributed by atoms with Crippen LogP contribution < -0.4 is 0 Å². The maximum absolute atomic E-state index is 12.0. The molecule has 1 fully saturated rings. The first-order valence-corrected chi connectivity index (χ1v) is 5.99. The highest BCUT2D eigenvalue weighted by Gasteiger charge is 2.33. The molecule has 0 aromatic rings. The van der Waals surface area contributed by atoms with Crippen molar-refractivity contribution in [1.82, 2.24) is 4.90 Å². The maximum Gasteiger partial charge on any atom is 0.310 e. The van der Waals surface area contributed by atoms with Gasteiger partial charge in [-0.2, -0.15) is 0 Å². The Morgan fingerprint density at radius 1 is 1.41 bits per heavy atom. The number of carbonyl (C=O) groups is 2. The zero-order valence-electron chi connectivity index (χ0n) is 11.0. The first-order valence-electron chi connectivity index (χ1n) is 5.99. The van der Waals surface area contributed by atoms with E-state index in [1.54, 1.807) is 17.9 Å². The molecule has 96 valence electrons. The number of nitrogens with zero attached hydrogens (tertiary/aromatic N) is 1. The van der Waals surface area contributed by atoms with E-state index in [1.807, 2.05) is 13.8 Å². The number of carbonyl (C=O) groups excluding carboxylic acids is 2. The van der Waals surface area contributed by atoms with Gasteiger partial charge in [0.05, 0.1) is 13.0 Å². The standard InChI is InChI=1S/C13H21NO3/c1-9(2)7-12(15)14(11-5-6-11)8-10(3)13(16)17-4/h7,10-11H,5-6,8H2,1-4H3. The number of rotatable bonds is 5. The lowest BCUT2D eigenvalue weighted by molar-refractivity contribution is -0.146. The molecule has 1 aliphatic rings. The van der Waals surface area contributed by atoms with Crippen LogP contribution in [0, 0.1) is 5.92 Å². The summed E-state index contributed by atoms with van der Waals surface area (Å²) in [6.07, 6.45) is 3.70. The van der Waals surface area contributed by atoms with E-state index in [9.17, 15) is 9.59 Å². The van der Waals surface area contributed by atoms with Gasteiger partial charge in [-0.05, 0) is 26.7 Å². The largest absolute Gasteiger partial charge is 0.469 e. The fourth-order valence-corrected chi connectivity index (χ4v) is 1.71. The van der Waals surface area contributed by atoms with E-state index in [0.29, 0.717) is 12.6 Å². The lowest BCUT2D eigenvalue weighted by Gasteiger charge is -2.23. The van der Waals surface area contributed by atoms with Gasteiger partial charge in [0, 0.05) is 18.7 Å². The van der Waals surface area contributed by atoms with Gasteiger partial charge in [-0.25, -0.2) is 0 Å². The molecule has 1 unspecified atom stereocenters. The van der Waals surface area contributed by atoms with Crippen LogP contribution in [0.5, 0.6) is 0 Å². The van der Waals surface area contributed by atoms with Gasteiger partial charge in [-0.1, -0.05) is 12.5 Å². The summed E-state index contributed by atoms with van der Waals surface area (Å²) in [5, 5.41) is 0. The second kappa shape index (κ2) is 5.84. The normalized spacial score (nSPS) is 16.0. The smallest absolute Gasteiger partial charge is 0.310 e. The van der Waals surface area contributed by atoms with Crippen LogP contribution in [0.1, 0.15) is 33.6 Å². The maximum atomic E-state index is 12.0. The van der Waals surface area contributed by atoms with Gasteiger partial charge in [0.1, 0.15) is 0 Å². The Morgan fingerprint density at radius 2 is 2.00 bits per heavy atom. The summed E-state index contributed by atoms with van der Waals surface area (Å²) in [7, 11) is 1.37. The van der Waals surface area contributed by atoms with Crippen LogP contribution in [-0.4, -0.2) is 36.5 Å². The van der Waals surface area contributed by atoms with Crippen molar-refractivity contribution in [3.63, 3.8) is 0 Å². The predicted octanol–water partition coefficient (Wildman–Crippen LogP) is 1.75. The zero-order valence-corrected chi connectivity index (χ0v) is 11.0. The molecule has 1 aliphatic carbocycles. The Bertz CT molecular complexity index is 328. The van der Waals surface area contributed by atoms with Crippen molar-refractivity contribution in [3.05, 3.63) is 11.6 Å². The first-order chi connectivity index (χ1) is 7.95. The van der Waals surface area contributed by atoms with Gasteiger partial charge in [0.2, 0.25) is 5.91 Å². The van der Waals surface area contributed by atoms with Gasteiger partial charge in [0.25, 0.3) is 0 Å². The molecule has 1 amide bonds. The zero-order chi connectivity index (χ0) is 13.0. The lowest BCUT2D eigenvalue weighted by atomic mass is 10.1. The molecule has 0 radical (unpaired) electrons. The molecule has 0 N–H and O–H groups in total. The van der Waals surface area contributed by atoms with Gasteiger partial charge in [-0.15, -0.1) is 0 Å². The molecule has 0 aromatic carbocycles. The molecular weight excluding hydrogens is 218 g/mol. The van der Waals surface area contributed by atoms with Gasteiger partial charge in [0.15, 0.2) is 0 Å². The van der Waals surface area contributed by atoms with Crippen molar-refractivity contribution < 1.29 is 14.3 Å². The van der Waals surface area contributed by atoms with Crippen molar-refractivity contribution in [2.24, 2.45) is 5.92 Å². The van der Waals surface area contributed by atoms with E-state index in [-0.39, 0.29) is 17.8 Å². The van der Waals surface area contributed by atoms with E-state index in [0.717, 1.165) is 18.4 Å². The SMILES string of the molecule is COC(=O)C(C)CN(C(=O)C=C(C)C)C1CC1. The van der Waals surface area contributed by atoms with Crippen LogP contribution in [0.25, 0.3) is 0 Å². The van der Waals surface area contributed by atoms with E-state index in [4.69, 9.17) is 0 Å². The quantitative estimate of drug-likeness (QED) is 0.542. The summed E-state index contributed by atoms with van der Waals surface area (Å²) in [5.74, 6) is -0.529. The molecule has 0 saturated heterocycles. The molecular formula is C13H21NO3. The van der Waals surface area contributed by atoms with Crippen LogP contribution in [0.3, 0.4) is 0 Å². The van der Waals surface area contributed by atoms with E-state index >= 15 is 0 Å². The topological polar surface area (TPSA) is 46.6 Å². The van der Waals surface area contributed by atoms with Crippen LogP contribution in [-0.2, 0) is 14.3 Å². The Labute approximate surface area is 103 Å². The third-order valence-electron chi connectivity index (χ3n) is 2.76. The average Bonchev–Trinajstić information content (AvgIpc) is 3.06. The molecule has 1 saturated carbocycles. The Balaban J connectivity index is 2.64. The van der Waals surface area contributed by atoms with Crippen LogP contribution in [0.4, 0.5) is 0 Å². The second-order valence-electron chi connectivity index (χ2n) is 4.87. The molecule has 1 atom stereocenters. The van der Waals surface area contributed by atoms with E-state index in [2.05, 4.69) is 4.74 Å². The van der Waals surface area contributed by atoms with Crippen LogP contribution >= 0.6 is 0 Å². The second-order valence-corrected chi connectivity index (χ2v) is 4.87. The summed E-state index contributed by atoms with van der Waals surface area (Å²) >= 11 is 0. The third kappa shape index (κ3) is 4.21. The van der Waals surface area contributed by atoms with Crippen molar-refractivity contribution >= 4 is 11.9 Å². The van der Waals surface area contributed by atoms with E-state index < -0.39 is 0 Å². The van der Waals surface area contributed by atoms with Crippen molar-refractivity contribution in [1.29, 1.82) is 0 Å². The molecule has 1 rings (SSSR count). The van der Waals surface area contributed by atoms with Crippen LogP contribution in [0.2, 0.25) is 0 Å². The monoisotopic (exact) mass is 239 g/mol. The summed E-state index contributed by atoms with van der Waals surface area (Å²) in [5.41, 5.74) is 0.978. The highest BCUT2D eigenvalue weighted by atomic mass is 16.5. The minimum absolute atomic E-state index is 0.00301. The van der Waals surface area contributed by atoms with Crippen molar-refractivity contribution in [3.8, 4) is 0 Å². The molecule has 0 spiro atoms. The number of esters is 1. The minimum atomic E-state index is -0.268. The molecule has 0 aliphatic heterocycles. The summed E-state index contributed by atoms with van der Waals surface area (Å²) < 4.78 is 4.68. The van der Waals surface area contributed by atoms with Gasteiger partial charge >= 0.3 is 5.97 Å². The molecule has 4 heteroatoms. The summed E-state index contributed by atoms with van der Waals surface area (Å²) in [6, 6.07) is 0.310. The van der Waals surface area contributed by atoms with Gasteiger partial charge in [-0.3, -0.25) is 9.59 Å². The number of allylic oxidation sites excluding steroid dienone is 1. The highest BCUT2D eigenvalue weighted by molar-refractivity contribution is 5.89. The van der Waals surface area contributed by atoms with Gasteiger partial charge < -0.3 is 9.64 Å². The Morgan fingerprint density at radius 3 is 2.41 bits per heavy atom. The van der Waals surface area contributed by atoms with Crippen molar-refractivity contribution in [2.75, 3.05) is 13.7 Å². The fourth-order valence-electron chi connectivity index (χ4n) is 1.71. The molecule has 0 bridgehead atoms. The number of ether oxygens (including phenoxy) is 1. The number of hydrogen-bond donors (Lipinski definition) is 0.